The summed E-state index contributed by atoms with van der Waals surface area (Å²) in [5.74, 6) is 0.749. The van der Waals surface area contributed by atoms with Crippen LogP contribution in [0.15, 0.2) is 18.2 Å². The number of carbonyl (C=O) groups is 1. The molecule has 138 valence electrons. The van der Waals surface area contributed by atoms with E-state index in [1.807, 2.05) is 17.0 Å². The van der Waals surface area contributed by atoms with E-state index in [0.29, 0.717) is 28.4 Å². The predicted octanol–water partition coefficient (Wildman–Crippen LogP) is 4.05. The molecule has 3 fully saturated rings. The zero-order valence-electron chi connectivity index (χ0n) is 14.4. The second kappa shape index (κ2) is 8.15. The van der Waals surface area contributed by atoms with Crippen molar-refractivity contribution in [3.8, 4) is 5.75 Å². The largest absolute Gasteiger partial charge is 0.490 e. The number of halogens is 2. The van der Waals surface area contributed by atoms with Crippen molar-refractivity contribution in [2.75, 3.05) is 13.1 Å². The van der Waals surface area contributed by atoms with Crippen molar-refractivity contribution in [3.05, 3.63) is 28.8 Å². The van der Waals surface area contributed by atoms with Crippen molar-refractivity contribution < 1.29 is 9.53 Å². The second-order valence-corrected chi connectivity index (χ2v) is 7.78. The van der Waals surface area contributed by atoms with Gasteiger partial charge in [0.2, 0.25) is 0 Å². The van der Waals surface area contributed by atoms with E-state index in [0.717, 1.165) is 38.8 Å². The Morgan fingerprint density at radius 3 is 2.68 bits per heavy atom. The van der Waals surface area contributed by atoms with E-state index in [-0.39, 0.29) is 24.4 Å². The van der Waals surface area contributed by atoms with Crippen LogP contribution >= 0.6 is 24.0 Å². The third-order valence-corrected chi connectivity index (χ3v) is 5.81. The summed E-state index contributed by atoms with van der Waals surface area (Å²) in [6, 6.07) is 6.44. The summed E-state index contributed by atoms with van der Waals surface area (Å²) in [4.78, 5) is 15.1. The zero-order valence-corrected chi connectivity index (χ0v) is 16.0. The van der Waals surface area contributed by atoms with Gasteiger partial charge in [0.25, 0.3) is 5.91 Å². The number of hydrogen-bond acceptors (Lipinski definition) is 3. The minimum Gasteiger partial charge on any atom is -0.490 e. The van der Waals surface area contributed by atoms with Crippen molar-refractivity contribution >= 4 is 29.9 Å². The van der Waals surface area contributed by atoms with Crippen LogP contribution in [0.1, 0.15) is 55.3 Å². The van der Waals surface area contributed by atoms with Gasteiger partial charge < -0.3 is 15.0 Å². The average molecular weight is 385 g/mol. The fraction of sp³-hybridized carbons (Fsp3) is 0.632. The maximum atomic E-state index is 13.1. The van der Waals surface area contributed by atoms with Gasteiger partial charge in [-0.1, -0.05) is 11.6 Å². The summed E-state index contributed by atoms with van der Waals surface area (Å²) in [6.07, 6.45) is 8.24. The molecule has 25 heavy (non-hydrogen) atoms. The molecule has 2 saturated heterocycles. The monoisotopic (exact) mass is 384 g/mol. The van der Waals surface area contributed by atoms with Crippen LogP contribution in [0.2, 0.25) is 5.02 Å². The molecule has 1 aromatic rings. The number of nitrogens with zero attached hydrogens (tertiary/aromatic N) is 1. The average Bonchev–Trinajstić information content (AvgIpc) is 3.18. The summed E-state index contributed by atoms with van der Waals surface area (Å²) in [6.45, 7) is 1.59. The minimum absolute atomic E-state index is 0. The SMILES string of the molecule is Cl.O=C(c1cc(Cl)ccc1OC1CCCC1)N1CCC2CCC(C1)N2. The van der Waals surface area contributed by atoms with Gasteiger partial charge >= 0.3 is 0 Å². The van der Waals surface area contributed by atoms with Crippen molar-refractivity contribution in [1.82, 2.24) is 10.2 Å². The van der Waals surface area contributed by atoms with Gasteiger partial charge in [-0.25, -0.2) is 0 Å². The van der Waals surface area contributed by atoms with E-state index in [1.54, 1.807) is 6.07 Å². The molecule has 2 bridgehead atoms. The Hall–Kier alpha value is -0.970. The third kappa shape index (κ3) is 4.24. The van der Waals surface area contributed by atoms with Crippen LogP contribution in [0.5, 0.6) is 5.75 Å². The molecule has 1 aliphatic carbocycles. The highest BCUT2D eigenvalue weighted by molar-refractivity contribution is 6.31. The fourth-order valence-electron chi connectivity index (χ4n) is 4.26. The lowest BCUT2D eigenvalue weighted by Gasteiger charge is -2.26. The van der Waals surface area contributed by atoms with Crippen LogP contribution in [0.25, 0.3) is 0 Å². The number of benzene rings is 1. The van der Waals surface area contributed by atoms with Gasteiger partial charge in [-0.05, 0) is 63.1 Å². The number of rotatable bonds is 3. The summed E-state index contributed by atoms with van der Waals surface area (Å²) >= 11 is 6.17. The number of hydrogen-bond donors (Lipinski definition) is 1. The van der Waals surface area contributed by atoms with Crippen LogP contribution < -0.4 is 10.1 Å². The molecule has 0 spiro atoms. The minimum atomic E-state index is 0. The highest BCUT2D eigenvalue weighted by Crippen LogP contribution is 2.30. The van der Waals surface area contributed by atoms with Crippen molar-refractivity contribution in [2.45, 2.75) is 63.1 Å². The first kappa shape index (κ1) is 18.8. The molecule has 0 aromatic heterocycles. The van der Waals surface area contributed by atoms with E-state index in [1.165, 1.54) is 19.3 Å². The molecule has 6 heteroatoms. The normalized spacial score (nSPS) is 26.2. The number of carbonyl (C=O) groups excluding carboxylic acids is 1. The van der Waals surface area contributed by atoms with E-state index in [2.05, 4.69) is 5.32 Å². The highest BCUT2D eigenvalue weighted by Gasteiger charge is 2.32. The van der Waals surface area contributed by atoms with Gasteiger partial charge in [0.05, 0.1) is 11.7 Å². The lowest BCUT2D eigenvalue weighted by Crippen LogP contribution is -2.39. The van der Waals surface area contributed by atoms with E-state index in [9.17, 15) is 4.79 Å². The highest BCUT2D eigenvalue weighted by atomic mass is 35.5. The molecule has 2 atom stereocenters. The number of amides is 1. The third-order valence-electron chi connectivity index (χ3n) is 5.58. The van der Waals surface area contributed by atoms with Gasteiger partial charge in [-0.3, -0.25) is 4.79 Å². The molecule has 1 aromatic carbocycles. The molecule has 2 aliphatic heterocycles. The molecule has 3 aliphatic rings. The first-order valence-corrected chi connectivity index (χ1v) is 9.58. The van der Waals surface area contributed by atoms with Crippen LogP contribution in [-0.4, -0.2) is 42.1 Å². The fourth-order valence-corrected chi connectivity index (χ4v) is 4.43. The van der Waals surface area contributed by atoms with Gasteiger partial charge in [0, 0.05) is 30.2 Å². The van der Waals surface area contributed by atoms with E-state index in [4.69, 9.17) is 16.3 Å². The van der Waals surface area contributed by atoms with E-state index >= 15 is 0 Å². The molecule has 2 heterocycles. The molecule has 2 unspecified atom stereocenters. The molecule has 4 nitrogen and oxygen atoms in total. The molecule has 1 N–H and O–H groups in total. The van der Waals surface area contributed by atoms with E-state index < -0.39 is 0 Å². The van der Waals surface area contributed by atoms with Crippen LogP contribution in [-0.2, 0) is 0 Å². The number of likely N-dealkylation sites (tertiary alicyclic amines) is 1. The maximum absolute atomic E-state index is 13.1. The molecule has 1 amide bonds. The quantitative estimate of drug-likeness (QED) is 0.854. The van der Waals surface area contributed by atoms with Gasteiger partial charge in [0.1, 0.15) is 5.75 Å². The van der Waals surface area contributed by atoms with Crippen LogP contribution in [0.4, 0.5) is 0 Å². The Labute approximate surface area is 160 Å². The number of ether oxygens (including phenoxy) is 1. The van der Waals surface area contributed by atoms with Crippen LogP contribution in [0, 0.1) is 0 Å². The summed E-state index contributed by atoms with van der Waals surface area (Å²) in [5, 5.41) is 4.21. The van der Waals surface area contributed by atoms with Crippen molar-refractivity contribution in [1.29, 1.82) is 0 Å². The topological polar surface area (TPSA) is 41.6 Å². The lowest BCUT2D eigenvalue weighted by molar-refractivity contribution is 0.0740. The molecule has 4 rings (SSSR count). The summed E-state index contributed by atoms with van der Waals surface area (Å²) in [5.41, 5.74) is 0.618. The van der Waals surface area contributed by atoms with Crippen molar-refractivity contribution in [2.24, 2.45) is 0 Å². The number of nitrogens with one attached hydrogen (secondary N) is 1. The standard InChI is InChI=1S/C19H25ClN2O2.ClH/c20-13-5-8-18(24-16-3-1-2-4-16)17(11-13)19(23)22-10-9-14-6-7-15(12-22)21-14;/h5,8,11,14-16,21H,1-4,6-7,9-10,12H2;1H. The first-order valence-electron chi connectivity index (χ1n) is 9.20. The van der Waals surface area contributed by atoms with Crippen LogP contribution in [0.3, 0.4) is 0 Å². The Kier molecular flexibility index (Phi) is 6.13. The molecular formula is C19H26Cl2N2O2. The Morgan fingerprint density at radius 2 is 1.88 bits per heavy atom. The zero-order chi connectivity index (χ0) is 16.5. The van der Waals surface area contributed by atoms with Gasteiger partial charge in [-0.2, -0.15) is 0 Å². The lowest BCUT2D eigenvalue weighted by atomic mass is 10.1. The molecule has 0 radical (unpaired) electrons. The number of fused-ring (bicyclic) bond motifs is 2. The second-order valence-electron chi connectivity index (χ2n) is 7.34. The predicted molar refractivity (Wildman–Crippen MR) is 102 cm³/mol. The Morgan fingerprint density at radius 1 is 1.12 bits per heavy atom. The smallest absolute Gasteiger partial charge is 0.257 e. The molecule has 1 saturated carbocycles. The van der Waals surface area contributed by atoms with Gasteiger partial charge in [0.15, 0.2) is 0 Å². The summed E-state index contributed by atoms with van der Waals surface area (Å²) < 4.78 is 6.14. The summed E-state index contributed by atoms with van der Waals surface area (Å²) in [7, 11) is 0. The molecular weight excluding hydrogens is 359 g/mol. The van der Waals surface area contributed by atoms with Crippen molar-refractivity contribution in [3.63, 3.8) is 0 Å². The maximum Gasteiger partial charge on any atom is 0.257 e. The Balaban J connectivity index is 0.00000182. The first-order chi connectivity index (χ1) is 11.7. The van der Waals surface area contributed by atoms with Gasteiger partial charge in [-0.15, -0.1) is 12.4 Å². The Bertz CT molecular complexity index is 619.